The number of halogens is 1. The number of hydrogen-bond acceptors (Lipinski definition) is 3. The Hall–Kier alpha value is -1.07. The summed E-state index contributed by atoms with van der Waals surface area (Å²) in [6.07, 6.45) is 1.60. The predicted octanol–water partition coefficient (Wildman–Crippen LogP) is 2.56. The maximum absolute atomic E-state index is 12.1. The number of hydrogen-bond donors (Lipinski definition) is 3. The molecule has 0 radical (unpaired) electrons. The quantitative estimate of drug-likeness (QED) is 0.702. The van der Waals surface area contributed by atoms with Gasteiger partial charge < -0.3 is 16.2 Å². The van der Waals surface area contributed by atoms with Crippen molar-refractivity contribution in [2.75, 3.05) is 18.9 Å². The summed E-state index contributed by atoms with van der Waals surface area (Å²) in [7, 11) is 0. The van der Waals surface area contributed by atoms with Gasteiger partial charge in [0.25, 0.3) is 5.91 Å². The minimum atomic E-state index is -0.142. The Labute approximate surface area is 122 Å². The van der Waals surface area contributed by atoms with Crippen molar-refractivity contribution in [1.82, 2.24) is 5.32 Å². The van der Waals surface area contributed by atoms with Crippen molar-refractivity contribution in [1.29, 1.82) is 0 Å². The fraction of sp³-hybridized carbons (Fsp3) is 0.500. The standard InChI is InChI=1S/C14H21BrN2O2/c1-14(2,7-4-8-18)9-17-13(19)10-5-3-6-11(16)12(10)15/h3,5-6,18H,4,7-9,16H2,1-2H3,(H,17,19). The number of nitrogens with two attached hydrogens (primary N) is 1. The maximum atomic E-state index is 12.1. The lowest BCUT2D eigenvalue weighted by molar-refractivity contribution is 0.0932. The van der Waals surface area contributed by atoms with Crippen molar-refractivity contribution < 1.29 is 9.90 Å². The number of anilines is 1. The van der Waals surface area contributed by atoms with Crippen LogP contribution in [-0.2, 0) is 0 Å². The summed E-state index contributed by atoms with van der Waals surface area (Å²) in [6, 6.07) is 5.23. The SMILES string of the molecule is CC(C)(CCCO)CNC(=O)c1cccc(N)c1Br. The molecule has 0 aromatic heterocycles. The number of carbonyl (C=O) groups is 1. The van der Waals surface area contributed by atoms with E-state index in [4.69, 9.17) is 10.8 Å². The van der Waals surface area contributed by atoms with Crippen LogP contribution in [0.25, 0.3) is 0 Å². The second-order valence-electron chi connectivity index (χ2n) is 5.38. The van der Waals surface area contributed by atoms with Gasteiger partial charge in [-0.25, -0.2) is 0 Å². The van der Waals surface area contributed by atoms with Crippen molar-refractivity contribution in [3.63, 3.8) is 0 Å². The largest absolute Gasteiger partial charge is 0.398 e. The van der Waals surface area contributed by atoms with E-state index in [0.29, 0.717) is 22.3 Å². The van der Waals surface area contributed by atoms with E-state index in [1.54, 1.807) is 18.2 Å². The summed E-state index contributed by atoms with van der Waals surface area (Å²) < 4.78 is 0.626. The van der Waals surface area contributed by atoms with Gasteiger partial charge in [0.2, 0.25) is 0 Å². The van der Waals surface area contributed by atoms with Crippen LogP contribution in [-0.4, -0.2) is 24.2 Å². The highest BCUT2D eigenvalue weighted by molar-refractivity contribution is 9.10. The van der Waals surface area contributed by atoms with Gasteiger partial charge in [-0.05, 0) is 46.3 Å². The summed E-state index contributed by atoms with van der Waals surface area (Å²) in [5.74, 6) is -0.142. The second kappa shape index (κ2) is 6.91. The molecule has 1 aromatic rings. The normalized spacial score (nSPS) is 11.4. The number of aliphatic hydroxyl groups is 1. The number of nitrogens with one attached hydrogen (secondary N) is 1. The molecule has 0 unspecified atom stereocenters. The van der Waals surface area contributed by atoms with Gasteiger partial charge >= 0.3 is 0 Å². The van der Waals surface area contributed by atoms with E-state index in [1.165, 1.54) is 0 Å². The molecule has 4 N–H and O–H groups in total. The lowest BCUT2D eigenvalue weighted by Crippen LogP contribution is -2.34. The molecule has 0 spiro atoms. The third-order valence-corrected chi connectivity index (χ3v) is 3.90. The predicted molar refractivity (Wildman–Crippen MR) is 81.0 cm³/mol. The van der Waals surface area contributed by atoms with Gasteiger partial charge in [-0.3, -0.25) is 4.79 Å². The zero-order chi connectivity index (χ0) is 14.5. The van der Waals surface area contributed by atoms with Crippen LogP contribution in [0.1, 0.15) is 37.0 Å². The Balaban J connectivity index is 2.63. The highest BCUT2D eigenvalue weighted by Gasteiger charge is 2.19. The van der Waals surface area contributed by atoms with E-state index in [1.807, 2.05) is 0 Å². The van der Waals surface area contributed by atoms with Crippen molar-refractivity contribution in [2.45, 2.75) is 26.7 Å². The lowest BCUT2D eigenvalue weighted by Gasteiger charge is -2.24. The van der Waals surface area contributed by atoms with E-state index in [0.717, 1.165) is 12.8 Å². The molecule has 0 aliphatic rings. The van der Waals surface area contributed by atoms with Crippen molar-refractivity contribution in [3.05, 3.63) is 28.2 Å². The molecular weight excluding hydrogens is 308 g/mol. The average Bonchev–Trinajstić information content (AvgIpc) is 2.37. The molecule has 0 saturated heterocycles. The number of amides is 1. The fourth-order valence-electron chi connectivity index (χ4n) is 1.79. The van der Waals surface area contributed by atoms with Crippen LogP contribution in [0.3, 0.4) is 0 Å². The molecule has 0 heterocycles. The third kappa shape index (κ3) is 4.84. The van der Waals surface area contributed by atoms with Crippen molar-refractivity contribution >= 4 is 27.5 Å². The van der Waals surface area contributed by atoms with Crippen molar-refractivity contribution in [2.24, 2.45) is 5.41 Å². The summed E-state index contributed by atoms with van der Waals surface area (Å²) in [5.41, 5.74) is 6.80. The Morgan fingerprint density at radius 3 is 2.79 bits per heavy atom. The molecular formula is C14H21BrN2O2. The molecule has 19 heavy (non-hydrogen) atoms. The molecule has 106 valence electrons. The monoisotopic (exact) mass is 328 g/mol. The van der Waals surface area contributed by atoms with Crippen LogP contribution < -0.4 is 11.1 Å². The van der Waals surface area contributed by atoms with E-state index >= 15 is 0 Å². The van der Waals surface area contributed by atoms with E-state index in [-0.39, 0.29) is 17.9 Å². The number of nitrogen functional groups attached to an aromatic ring is 1. The number of carbonyl (C=O) groups excluding carboxylic acids is 1. The second-order valence-corrected chi connectivity index (χ2v) is 6.18. The maximum Gasteiger partial charge on any atom is 0.252 e. The molecule has 4 nitrogen and oxygen atoms in total. The first-order valence-electron chi connectivity index (χ1n) is 6.30. The van der Waals surface area contributed by atoms with Crippen LogP contribution in [0.2, 0.25) is 0 Å². The number of rotatable bonds is 6. The Bertz CT molecular complexity index is 447. The summed E-state index contributed by atoms with van der Waals surface area (Å²) in [6.45, 7) is 4.87. The Kier molecular flexibility index (Phi) is 5.82. The molecule has 0 bridgehead atoms. The first-order valence-corrected chi connectivity index (χ1v) is 7.10. The van der Waals surface area contributed by atoms with Gasteiger partial charge in [-0.15, -0.1) is 0 Å². The average molecular weight is 329 g/mol. The van der Waals surface area contributed by atoms with E-state index < -0.39 is 0 Å². The zero-order valence-electron chi connectivity index (χ0n) is 11.4. The zero-order valence-corrected chi connectivity index (χ0v) is 13.0. The number of benzene rings is 1. The van der Waals surface area contributed by atoms with Crippen LogP contribution in [0.15, 0.2) is 22.7 Å². The number of aliphatic hydroxyl groups excluding tert-OH is 1. The Morgan fingerprint density at radius 2 is 2.16 bits per heavy atom. The minimum absolute atomic E-state index is 0.0365. The van der Waals surface area contributed by atoms with Gasteiger partial charge in [-0.1, -0.05) is 19.9 Å². The van der Waals surface area contributed by atoms with E-state index in [2.05, 4.69) is 35.1 Å². The summed E-state index contributed by atoms with van der Waals surface area (Å²) in [4.78, 5) is 12.1. The summed E-state index contributed by atoms with van der Waals surface area (Å²) >= 11 is 3.32. The van der Waals surface area contributed by atoms with Crippen molar-refractivity contribution in [3.8, 4) is 0 Å². The van der Waals surface area contributed by atoms with Gasteiger partial charge in [0.1, 0.15) is 0 Å². The van der Waals surface area contributed by atoms with Crippen LogP contribution >= 0.6 is 15.9 Å². The highest BCUT2D eigenvalue weighted by atomic mass is 79.9. The van der Waals surface area contributed by atoms with Gasteiger partial charge in [0.15, 0.2) is 0 Å². The topological polar surface area (TPSA) is 75.3 Å². The molecule has 0 aliphatic carbocycles. The molecule has 1 aromatic carbocycles. The molecule has 0 atom stereocenters. The molecule has 5 heteroatoms. The summed E-state index contributed by atoms with van der Waals surface area (Å²) in [5, 5.41) is 11.8. The van der Waals surface area contributed by atoms with Gasteiger partial charge in [0, 0.05) is 18.8 Å². The third-order valence-electron chi connectivity index (χ3n) is 3.01. The molecule has 0 fully saturated rings. The lowest BCUT2D eigenvalue weighted by atomic mass is 9.88. The van der Waals surface area contributed by atoms with Gasteiger partial charge in [0.05, 0.1) is 10.0 Å². The van der Waals surface area contributed by atoms with Crippen LogP contribution in [0, 0.1) is 5.41 Å². The molecule has 0 aliphatic heterocycles. The fourth-order valence-corrected chi connectivity index (χ4v) is 2.23. The van der Waals surface area contributed by atoms with Gasteiger partial charge in [-0.2, -0.15) is 0 Å². The first-order chi connectivity index (χ1) is 8.87. The molecule has 1 amide bonds. The highest BCUT2D eigenvalue weighted by Crippen LogP contribution is 2.25. The van der Waals surface area contributed by atoms with E-state index in [9.17, 15) is 4.79 Å². The Morgan fingerprint density at radius 1 is 1.47 bits per heavy atom. The minimum Gasteiger partial charge on any atom is -0.398 e. The first kappa shape index (κ1) is 16.0. The molecule has 0 saturated carbocycles. The van der Waals surface area contributed by atoms with Crippen LogP contribution in [0.4, 0.5) is 5.69 Å². The smallest absolute Gasteiger partial charge is 0.252 e. The van der Waals surface area contributed by atoms with Crippen LogP contribution in [0.5, 0.6) is 0 Å². The molecule has 1 rings (SSSR count).